The standard InChI is InChI=1S/C21H23N7O3/c1-4-17(29)14-10-22-21(26-20(30)12-8-9-12)25-19(14)24-15-7-5-6-13(18(15)31-3)16-11-23-28(2)27-16/h5-7,10-12H,4,8-9H2,1-3H3,(H2,22,24,25,26,30)/i1D3. The van der Waals surface area contributed by atoms with Crippen molar-refractivity contribution in [1.29, 1.82) is 0 Å². The number of nitrogens with zero attached hydrogens (tertiary/aromatic N) is 5. The number of Topliss-reactive ketones (excluding diaryl/α,β-unsaturated/α-hetero) is 1. The molecule has 0 unspecified atom stereocenters. The number of ketones is 1. The van der Waals surface area contributed by atoms with Crippen LogP contribution < -0.4 is 15.4 Å². The van der Waals surface area contributed by atoms with E-state index >= 15 is 0 Å². The lowest BCUT2D eigenvalue weighted by atomic mass is 10.1. The normalized spacial score (nSPS) is 14.8. The molecule has 0 aliphatic heterocycles. The van der Waals surface area contributed by atoms with Crippen molar-refractivity contribution in [3.63, 3.8) is 0 Å². The zero-order valence-corrected chi connectivity index (χ0v) is 17.0. The number of methoxy groups -OCH3 is 1. The molecule has 1 aliphatic carbocycles. The van der Waals surface area contributed by atoms with Gasteiger partial charge in [0.15, 0.2) is 11.5 Å². The highest BCUT2D eigenvalue weighted by Crippen LogP contribution is 2.37. The van der Waals surface area contributed by atoms with Gasteiger partial charge in [-0.1, -0.05) is 12.9 Å². The van der Waals surface area contributed by atoms with Gasteiger partial charge in [0.05, 0.1) is 24.6 Å². The minimum absolute atomic E-state index is 0.00822. The van der Waals surface area contributed by atoms with Gasteiger partial charge in [-0.05, 0) is 25.0 Å². The summed E-state index contributed by atoms with van der Waals surface area (Å²) >= 11 is 0. The average molecular weight is 424 g/mol. The van der Waals surface area contributed by atoms with Gasteiger partial charge in [0.2, 0.25) is 11.9 Å². The van der Waals surface area contributed by atoms with Crippen molar-refractivity contribution in [2.24, 2.45) is 13.0 Å². The molecule has 0 radical (unpaired) electrons. The summed E-state index contributed by atoms with van der Waals surface area (Å²) in [5.74, 6) is -0.458. The van der Waals surface area contributed by atoms with Gasteiger partial charge < -0.3 is 10.1 Å². The van der Waals surface area contributed by atoms with E-state index in [4.69, 9.17) is 8.85 Å². The quantitative estimate of drug-likeness (QED) is 0.529. The number of benzene rings is 1. The van der Waals surface area contributed by atoms with E-state index in [-0.39, 0.29) is 29.2 Å². The summed E-state index contributed by atoms with van der Waals surface area (Å²) in [5, 5.41) is 14.1. The van der Waals surface area contributed by atoms with Crippen molar-refractivity contribution in [1.82, 2.24) is 25.0 Å². The number of aryl methyl sites for hydroxylation is 1. The van der Waals surface area contributed by atoms with Crippen LogP contribution in [0.4, 0.5) is 17.5 Å². The largest absolute Gasteiger partial charge is 0.494 e. The topological polar surface area (TPSA) is 124 Å². The number of aromatic nitrogens is 5. The number of anilines is 3. The van der Waals surface area contributed by atoms with E-state index in [9.17, 15) is 9.59 Å². The highest BCUT2D eigenvalue weighted by molar-refractivity contribution is 6.01. The third kappa shape index (κ3) is 4.37. The van der Waals surface area contributed by atoms with Crippen LogP contribution >= 0.6 is 0 Å². The van der Waals surface area contributed by atoms with Crippen LogP contribution in [0.1, 0.15) is 40.6 Å². The number of rotatable bonds is 8. The van der Waals surface area contributed by atoms with E-state index in [0.29, 0.717) is 22.7 Å². The molecule has 10 heteroatoms. The number of hydrogen-bond donors (Lipinski definition) is 2. The lowest BCUT2D eigenvalue weighted by Gasteiger charge is -2.16. The molecule has 10 nitrogen and oxygen atoms in total. The minimum Gasteiger partial charge on any atom is -0.494 e. The van der Waals surface area contributed by atoms with Crippen molar-refractivity contribution in [2.45, 2.75) is 26.1 Å². The van der Waals surface area contributed by atoms with Gasteiger partial charge in [-0.3, -0.25) is 14.9 Å². The summed E-state index contributed by atoms with van der Waals surface area (Å²) in [6, 6.07) is 5.27. The predicted octanol–water partition coefficient (Wildman–Crippen LogP) is 2.97. The SMILES string of the molecule is [2H]C([2H])([2H])CC(=O)c1cnc(NC(=O)C2CC2)nc1Nc1cccc(-c2cnn(C)n2)c1OC. The van der Waals surface area contributed by atoms with E-state index in [1.54, 1.807) is 31.4 Å². The Morgan fingerprint density at radius 3 is 2.84 bits per heavy atom. The maximum atomic E-state index is 12.7. The van der Waals surface area contributed by atoms with Crippen LogP contribution in [0.15, 0.2) is 30.6 Å². The van der Waals surface area contributed by atoms with Gasteiger partial charge in [0.25, 0.3) is 0 Å². The fourth-order valence-electron chi connectivity index (χ4n) is 3.05. The Morgan fingerprint density at radius 2 is 2.16 bits per heavy atom. The van der Waals surface area contributed by atoms with E-state index in [2.05, 4.69) is 30.8 Å². The number of carbonyl (C=O) groups is 2. The molecule has 2 aromatic heterocycles. The number of hydrogen-bond acceptors (Lipinski definition) is 8. The molecule has 0 atom stereocenters. The molecule has 1 aliphatic rings. The zero-order valence-electron chi connectivity index (χ0n) is 20.0. The lowest BCUT2D eigenvalue weighted by Crippen LogP contribution is -2.17. The molecule has 160 valence electrons. The number of carbonyl (C=O) groups excluding carboxylic acids is 2. The van der Waals surface area contributed by atoms with Crippen LogP contribution in [0.2, 0.25) is 0 Å². The van der Waals surface area contributed by atoms with Gasteiger partial charge in [-0.15, -0.1) is 0 Å². The smallest absolute Gasteiger partial charge is 0.231 e. The van der Waals surface area contributed by atoms with Gasteiger partial charge in [-0.2, -0.15) is 20.0 Å². The summed E-state index contributed by atoms with van der Waals surface area (Å²) in [4.78, 5) is 34.7. The number of amides is 1. The molecule has 31 heavy (non-hydrogen) atoms. The van der Waals surface area contributed by atoms with Crippen LogP contribution in [-0.2, 0) is 11.8 Å². The Hall–Kier alpha value is -3.82. The lowest BCUT2D eigenvalue weighted by molar-refractivity contribution is -0.117. The number of nitrogens with one attached hydrogen (secondary N) is 2. The summed E-state index contributed by atoms with van der Waals surface area (Å²) in [6.45, 7) is -2.46. The summed E-state index contributed by atoms with van der Waals surface area (Å²) in [7, 11) is 3.18. The van der Waals surface area contributed by atoms with Crippen LogP contribution in [-0.4, -0.2) is 43.8 Å². The maximum Gasteiger partial charge on any atom is 0.231 e. The molecule has 2 heterocycles. The van der Waals surface area contributed by atoms with E-state index in [1.165, 1.54) is 18.1 Å². The fourth-order valence-corrected chi connectivity index (χ4v) is 3.05. The van der Waals surface area contributed by atoms with Gasteiger partial charge in [0, 0.05) is 35.3 Å². The molecule has 1 amide bonds. The molecule has 3 aromatic rings. The van der Waals surface area contributed by atoms with Crippen molar-refractivity contribution in [3.05, 3.63) is 36.2 Å². The average Bonchev–Trinajstić information content (AvgIpc) is 3.53. The summed E-state index contributed by atoms with van der Waals surface area (Å²) in [5.41, 5.74) is 1.65. The third-order valence-corrected chi connectivity index (χ3v) is 4.78. The fraction of sp³-hybridized carbons (Fsp3) is 0.333. The molecular weight excluding hydrogens is 398 g/mol. The second kappa shape index (κ2) is 8.50. The van der Waals surface area contributed by atoms with Gasteiger partial charge >= 0.3 is 0 Å². The first kappa shape index (κ1) is 16.9. The van der Waals surface area contributed by atoms with Crippen molar-refractivity contribution < 1.29 is 18.4 Å². The molecular formula is C21H23N7O3. The van der Waals surface area contributed by atoms with Gasteiger partial charge in [-0.25, -0.2) is 4.98 Å². The predicted molar refractivity (Wildman–Crippen MR) is 114 cm³/mol. The molecule has 1 saturated carbocycles. The van der Waals surface area contributed by atoms with Gasteiger partial charge in [0.1, 0.15) is 11.5 Å². The highest BCUT2D eigenvalue weighted by atomic mass is 16.5. The Balaban J connectivity index is 1.72. The first-order chi connectivity index (χ1) is 16.1. The monoisotopic (exact) mass is 424 g/mol. The molecule has 1 aromatic carbocycles. The molecule has 4 rings (SSSR count). The Labute approximate surface area is 183 Å². The van der Waals surface area contributed by atoms with E-state index in [0.717, 1.165) is 12.8 Å². The summed E-state index contributed by atoms with van der Waals surface area (Å²) < 4.78 is 27.9. The molecule has 0 bridgehead atoms. The molecule has 0 spiro atoms. The second-order valence-corrected chi connectivity index (χ2v) is 7.05. The molecule has 1 fully saturated rings. The van der Waals surface area contributed by atoms with Crippen LogP contribution in [0, 0.1) is 5.92 Å². The van der Waals surface area contributed by atoms with Crippen LogP contribution in [0.3, 0.4) is 0 Å². The maximum absolute atomic E-state index is 12.7. The number of ether oxygens (including phenoxy) is 1. The second-order valence-electron chi connectivity index (χ2n) is 7.05. The Bertz CT molecular complexity index is 1240. The van der Waals surface area contributed by atoms with Crippen molar-refractivity contribution in [3.8, 4) is 17.0 Å². The Kier molecular flexibility index (Phi) is 4.64. The molecule has 0 saturated heterocycles. The Morgan fingerprint density at radius 1 is 1.32 bits per heavy atom. The van der Waals surface area contributed by atoms with Crippen LogP contribution in [0.25, 0.3) is 11.3 Å². The first-order valence-corrected chi connectivity index (χ1v) is 9.66. The summed E-state index contributed by atoms with van der Waals surface area (Å²) in [6.07, 6.45) is 3.72. The van der Waals surface area contributed by atoms with Crippen LogP contribution in [0.5, 0.6) is 5.75 Å². The minimum atomic E-state index is -2.46. The number of para-hydroxylation sites is 1. The zero-order chi connectivity index (χ0) is 24.5. The first-order valence-electron chi connectivity index (χ1n) is 11.2. The van der Waals surface area contributed by atoms with Crippen molar-refractivity contribution >= 4 is 29.1 Å². The highest BCUT2D eigenvalue weighted by Gasteiger charge is 2.30. The van der Waals surface area contributed by atoms with Crippen molar-refractivity contribution in [2.75, 3.05) is 17.7 Å². The van der Waals surface area contributed by atoms with E-state index < -0.39 is 19.1 Å². The molecule has 2 N–H and O–H groups in total. The third-order valence-electron chi connectivity index (χ3n) is 4.78. The van der Waals surface area contributed by atoms with E-state index in [1.807, 2.05) is 0 Å².